The molecule has 2 aromatic rings. The number of ether oxygens (including phenoxy) is 1. The van der Waals surface area contributed by atoms with Gasteiger partial charge >= 0.3 is 5.97 Å². The number of carbonyl (C=O) groups is 1. The van der Waals surface area contributed by atoms with Crippen LogP contribution in [0.2, 0.25) is 5.04 Å². The minimum atomic E-state index is -2.70. The van der Waals surface area contributed by atoms with Crippen LogP contribution in [0.5, 0.6) is 0 Å². The molecule has 0 saturated carbocycles. The summed E-state index contributed by atoms with van der Waals surface area (Å²) in [6, 6.07) is 21.4. The zero-order valence-corrected chi connectivity index (χ0v) is 27.7. The van der Waals surface area contributed by atoms with Crippen molar-refractivity contribution < 1.29 is 19.1 Å². The van der Waals surface area contributed by atoms with E-state index >= 15 is 0 Å². The molecule has 2 rings (SSSR count). The van der Waals surface area contributed by atoms with Gasteiger partial charge in [0.15, 0.2) is 0 Å². The van der Waals surface area contributed by atoms with Gasteiger partial charge in [-0.15, -0.1) is 0 Å². The average molecular weight is 671 g/mol. The van der Waals surface area contributed by atoms with Gasteiger partial charge in [-0.2, -0.15) is 0 Å². The zero-order chi connectivity index (χ0) is 29.6. The van der Waals surface area contributed by atoms with Crippen LogP contribution in [0.1, 0.15) is 47.5 Å². The summed E-state index contributed by atoms with van der Waals surface area (Å²) in [7, 11) is -0.940. The molecule has 2 aromatic carbocycles. The van der Waals surface area contributed by atoms with E-state index in [0.29, 0.717) is 0 Å². The maximum absolute atomic E-state index is 10.6. The standard InChI is InChI=1S/C34H43IO4Si/c1-27(14-13-19-33(36)37)20-21-28(2)22-23-29(38-6)26-30(24-25-35)39-40(34(3,4)5,31-15-9-7-10-16-31)32-17-11-8-12-18-32/h7-22,24-25,29-30H,23,26H2,1-6H3,(H,36,37)/b19-13+,21-20+,25-24-,27-14+,28-22-/t29-,30+/m0/s1. The topological polar surface area (TPSA) is 55.8 Å². The molecule has 0 aliphatic carbocycles. The monoisotopic (exact) mass is 670 g/mol. The number of aliphatic carboxylic acids is 1. The lowest BCUT2D eigenvalue weighted by atomic mass is 10.1. The summed E-state index contributed by atoms with van der Waals surface area (Å²) in [4.78, 5) is 10.6. The summed E-state index contributed by atoms with van der Waals surface area (Å²) >= 11 is 2.28. The Morgan fingerprint density at radius 1 is 0.950 bits per heavy atom. The molecule has 6 heteroatoms. The Morgan fingerprint density at radius 3 is 1.98 bits per heavy atom. The number of carboxylic acids is 1. The summed E-state index contributed by atoms with van der Waals surface area (Å²) in [6.07, 6.45) is 14.1. The minimum Gasteiger partial charge on any atom is -0.478 e. The van der Waals surface area contributed by atoms with Crippen molar-refractivity contribution in [1.29, 1.82) is 0 Å². The van der Waals surface area contributed by atoms with E-state index in [9.17, 15) is 4.79 Å². The van der Waals surface area contributed by atoms with E-state index < -0.39 is 14.3 Å². The van der Waals surface area contributed by atoms with Gasteiger partial charge in [0, 0.05) is 19.6 Å². The van der Waals surface area contributed by atoms with Gasteiger partial charge in [0.05, 0.1) is 12.2 Å². The molecule has 0 bridgehead atoms. The molecule has 0 heterocycles. The predicted octanol–water partition coefficient (Wildman–Crippen LogP) is 7.77. The molecule has 0 aliphatic rings. The number of halogens is 1. The predicted molar refractivity (Wildman–Crippen MR) is 179 cm³/mol. The van der Waals surface area contributed by atoms with Crippen molar-refractivity contribution >= 4 is 47.3 Å². The Kier molecular flexibility index (Phi) is 14.0. The number of rotatable bonds is 14. The van der Waals surface area contributed by atoms with E-state index in [4.69, 9.17) is 14.3 Å². The molecule has 0 aliphatic heterocycles. The lowest BCUT2D eigenvalue weighted by Crippen LogP contribution is -2.67. The summed E-state index contributed by atoms with van der Waals surface area (Å²) < 4.78 is 15.4. The van der Waals surface area contributed by atoms with Crippen LogP contribution in [0.4, 0.5) is 0 Å². The molecule has 0 unspecified atom stereocenters. The van der Waals surface area contributed by atoms with E-state index in [0.717, 1.165) is 30.1 Å². The third-order valence-corrected chi connectivity index (χ3v) is 12.2. The molecule has 1 N–H and O–H groups in total. The van der Waals surface area contributed by atoms with Crippen molar-refractivity contribution in [1.82, 2.24) is 0 Å². The summed E-state index contributed by atoms with van der Waals surface area (Å²) in [5, 5.41) is 11.2. The Morgan fingerprint density at radius 2 is 1.50 bits per heavy atom. The van der Waals surface area contributed by atoms with Gasteiger partial charge in [-0.25, -0.2) is 4.79 Å². The van der Waals surface area contributed by atoms with Crippen molar-refractivity contribution in [3.8, 4) is 0 Å². The largest absolute Gasteiger partial charge is 0.478 e. The lowest BCUT2D eigenvalue weighted by molar-refractivity contribution is -0.131. The van der Waals surface area contributed by atoms with Crippen LogP contribution < -0.4 is 10.4 Å². The number of hydrogen-bond donors (Lipinski definition) is 1. The van der Waals surface area contributed by atoms with Crippen LogP contribution >= 0.6 is 22.6 Å². The molecule has 4 nitrogen and oxygen atoms in total. The van der Waals surface area contributed by atoms with Gasteiger partial charge in [0.2, 0.25) is 0 Å². The Balaban J connectivity index is 2.33. The van der Waals surface area contributed by atoms with Crippen LogP contribution in [0.25, 0.3) is 0 Å². The Bertz CT molecular complexity index is 1170. The van der Waals surface area contributed by atoms with E-state index in [1.54, 1.807) is 13.2 Å². The molecular weight excluding hydrogens is 627 g/mol. The highest BCUT2D eigenvalue weighted by Crippen LogP contribution is 2.38. The first-order valence-corrected chi connectivity index (χ1v) is 16.7. The maximum atomic E-state index is 10.6. The van der Waals surface area contributed by atoms with Gasteiger partial charge in [-0.1, -0.05) is 152 Å². The number of hydrogen-bond acceptors (Lipinski definition) is 3. The van der Waals surface area contributed by atoms with E-state index in [1.165, 1.54) is 16.4 Å². The fraction of sp³-hybridized carbons (Fsp3) is 0.324. The van der Waals surface area contributed by atoms with Crippen molar-refractivity contribution in [2.75, 3.05) is 7.11 Å². The first-order chi connectivity index (χ1) is 19.0. The molecule has 0 aromatic heterocycles. The van der Waals surface area contributed by atoms with E-state index in [-0.39, 0.29) is 17.2 Å². The molecule has 2 atom stereocenters. The molecule has 0 fully saturated rings. The van der Waals surface area contributed by atoms with Crippen molar-refractivity contribution in [3.05, 3.63) is 118 Å². The van der Waals surface area contributed by atoms with E-state index in [2.05, 4.69) is 123 Å². The highest BCUT2D eigenvalue weighted by atomic mass is 127. The number of benzene rings is 2. The average Bonchev–Trinajstić information content (AvgIpc) is 2.92. The minimum absolute atomic E-state index is 0.0192. The number of allylic oxidation sites excluding steroid dienone is 6. The second kappa shape index (κ2) is 16.7. The maximum Gasteiger partial charge on any atom is 0.328 e. The Hall–Kier alpha value is -2.52. The molecule has 0 saturated heterocycles. The van der Waals surface area contributed by atoms with Gasteiger partial charge in [0.25, 0.3) is 8.32 Å². The number of carboxylic acid groups (broad SMARTS) is 1. The van der Waals surface area contributed by atoms with Gasteiger partial charge in [0.1, 0.15) is 0 Å². The smallest absolute Gasteiger partial charge is 0.328 e. The molecule has 0 amide bonds. The van der Waals surface area contributed by atoms with Crippen LogP contribution in [-0.2, 0) is 14.0 Å². The molecule has 40 heavy (non-hydrogen) atoms. The molecule has 214 valence electrons. The second-order valence-electron chi connectivity index (χ2n) is 10.9. The van der Waals surface area contributed by atoms with Crippen molar-refractivity contribution in [2.24, 2.45) is 0 Å². The third-order valence-electron chi connectivity index (χ3n) is 6.77. The Labute approximate surface area is 255 Å². The fourth-order valence-electron chi connectivity index (χ4n) is 4.70. The molecule has 0 spiro atoms. The van der Waals surface area contributed by atoms with Crippen molar-refractivity contribution in [2.45, 2.75) is 64.7 Å². The van der Waals surface area contributed by atoms with Gasteiger partial charge < -0.3 is 14.3 Å². The summed E-state index contributed by atoms with van der Waals surface area (Å²) in [6.45, 7) is 10.9. The highest BCUT2D eigenvalue weighted by molar-refractivity contribution is 14.1. The van der Waals surface area contributed by atoms with Crippen LogP contribution in [0.15, 0.2) is 118 Å². The third kappa shape index (κ3) is 10.1. The summed E-state index contributed by atoms with van der Waals surface area (Å²) in [5.41, 5.74) is 2.09. The van der Waals surface area contributed by atoms with Crippen LogP contribution in [0, 0.1) is 0 Å². The van der Waals surface area contributed by atoms with Crippen molar-refractivity contribution in [3.63, 3.8) is 0 Å². The lowest BCUT2D eigenvalue weighted by Gasteiger charge is -2.45. The second-order valence-corrected chi connectivity index (χ2v) is 15.8. The summed E-state index contributed by atoms with van der Waals surface area (Å²) in [5.74, 6) is -0.954. The molecule has 0 radical (unpaired) electrons. The van der Waals surface area contributed by atoms with Gasteiger partial charge in [-0.3, -0.25) is 0 Å². The van der Waals surface area contributed by atoms with Gasteiger partial charge in [-0.05, 0) is 39.8 Å². The highest BCUT2D eigenvalue weighted by Gasteiger charge is 2.51. The molecular formula is C34H43IO4Si. The SMILES string of the molecule is CO[C@@H](C\C=C(C)/C=C/C(C)=C/C=C/C(=O)O)C[C@@H](/C=C\I)O[Si](c1ccccc1)(c1ccccc1)C(C)(C)C. The van der Waals surface area contributed by atoms with Crippen LogP contribution in [-0.4, -0.2) is 38.7 Å². The number of methoxy groups -OCH3 is 1. The van der Waals surface area contributed by atoms with E-state index in [1.807, 2.05) is 23.2 Å². The fourth-order valence-corrected chi connectivity index (χ4v) is 9.81. The quantitative estimate of drug-likeness (QED) is 0.0967. The normalized spacial score (nSPS) is 15.3. The zero-order valence-electron chi connectivity index (χ0n) is 24.5. The first-order valence-electron chi connectivity index (χ1n) is 13.5. The first kappa shape index (κ1) is 33.7. The van der Waals surface area contributed by atoms with Crippen LogP contribution in [0.3, 0.4) is 0 Å².